The van der Waals surface area contributed by atoms with Gasteiger partial charge in [0.2, 0.25) is 0 Å². The maximum absolute atomic E-state index is 12.0. The van der Waals surface area contributed by atoms with E-state index >= 15 is 0 Å². The van der Waals surface area contributed by atoms with Gasteiger partial charge >= 0.3 is 12.3 Å². The number of hydrogen-bond acceptors (Lipinski definition) is 2. The molecule has 0 heterocycles. The van der Waals surface area contributed by atoms with E-state index in [1.54, 1.807) is 6.92 Å². The molecule has 0 amide bonds. The van der Waals surface area contributed by atoms with Crippen molar-refractivity contribution in [1.29, 1.82) is 0 Å². The Labute approximate surface area is 89.5 Å². The minimum atomic E-state index is -4.82. The van der Waals surface area contributed by atoms with Crippen LogP contribution in [0.3, 0.4) is 0 Å². The van der Waals surface area contributed by atoms with Crippen molar-refractivity contribution in [2.24, 2.45) is 0 Å². The summed E-state index contributed by atoms with van der Waals surface area (Å²) in [4.78, 5) is 10.4. The van der Waals surface area contributed by atoms with E-state index < -0.39 is 24.5 Å². The lowest BCUT2D eigenvalue weighted by Crippen LogP contribution is -2.18. The van der Waals surface area contributed by atoms with Crippen LogP contribution < -0.4 is 4.74 Å². The summed E-state index contributed by atoms with van der Waals surface area (Å²) in [5.41, 5.74) is 0.559. The number of hydrogen-bond donors (Lipinski definition) is 1. The summed E-state index contributed by atoms with van der Waals surface area (Å²) in [6.45, 7) is 1.59. The lowest BCUT2D eigenvalue weighted by Gasteiger charge is -2.12. The Morgan fingerprint density at radius 3 is 2.56 bits per heavy atom. The van der Waals surface area contributed by atoms with E-state index in [4.69, 9.17) is 5.11 Å². The molecular weight excluding hydrogens is 225 g/mol. The summed E-state index contributed by atoms with van der Waals surface area (Å²) in [5.74, 6) is -1.68. The molecule has 16 heavy (non-hydrogen) atoms. The summed E-state index contributed by atoms with van der Waals surface area (Å²) in [5, 5.41) is 8.52. The monoisotopic (exact) mass is 234 g/mol. The number of rotatable bonds is 3. The van der Waals surface area contributed by atoms with Gasteiger partial charge in [-0.3, -0.25) is 4.79 Å². The van der Waals surface area contributed by atoms with Crippen molar-refractivity contribution in [3.8, 4) is 5.75 Å². The first-order valence-electron chi connectivity index (χ1n) is 4.35. The minimum absolute atomic E-state index is 0.00424. The van der Waals surface area contributed by atoms with Gasteiger partial charge in [-0.05, 0) is 18.6 Å². The first-order chi connectivity index (χ1) is 7.28. The summed E-state index contributed by atoms with van der Waals surface area (Å²) in [6, 6.07) is 4.00. The number of aryl methyl sites for hydroxylation is 1. The predicted octanol–water partition coefficient (Wildman–Crippen LogP) is 2.52. The van der Waals surface area contributed by atoms with Gasteiger partial charge in [0.15, 0.2) is 0 Å². The summed E-state index contributed by atoms with van der Waals surface area (Å²) in [7, 11) is 0. The zero-order valence-electron chi connectivity index (χ0n) is 8.34. The van der Waals surface area contributed by atoms with E-state index in [0.717, 1.165) is 6.07 Å². The van der Waals surface area contributed by atoms with Gasteiger partial charge in [0.1, 0.15) is 5.75 Å². The van der Waals surface area contributed by atoms with E-state index in [9.17, 15) is 18.0 Å². The highest BCUT2D eigenvalue weighted by atomic mass is 19.4. The van der Waals surface area contributed by atoms with Crippen LogP contribution in [0.25, 0.3) is 0 Å². The zero-order valence-corrected chi connectivity index (χ0v) is 8.34. The van der Waals surface area contributed by atoms with Crippen molar-refractivity contribution in [2.75, 3.05) is 0 Å². The lowest BCUT2D eigenvalue weighted by molar-refractivity contribution is -0.274. The van der Waals surface area contributed by atoms with Crippen molar-refractivity contribution in [3.05, 3.63) is 29.3 Å². The third-order valence-corrected chi connectivity index (χ3v) is 1.79. The fourth-order valence-corrected chi connectivity index (χ4v) is 1.19. The smallest absolute Gasteiger partial charge is 0.481 e. The van der Waals surface area contributed by atoms with Crippen molar-refractivity contribution < 1.29 is 27.8 Å². The molecule has 1 N–H and O–H groups in total. The van der Waals surface area contributed by atoms with E-state index in [2.05, 4.69) is 4.74 Å². The first kappa shape index (κ1) is 12.4. The van der Waals surface area contributed by atoms with Gasteiger partial charge in [0.25, 0.3) is 0 Å². The molecule has 0 aliphatic carbocycles. The van der Waals surface area contributed by atoms with Crippen LogP contribution in [0.1, 0.15) is 11.1 Å². The number of halogens is 3. The van der Waals surface area contributed by atoms with Crippen molar-refractivity contribution in [3.63, 3.8) is 0 Å². The molecule has 6 heteroatoms. The molecule has 0 fully saturated rings. The van der Waals surface area contributed by atoms with Crippen LogP contribution in [-0.4, -0.2) is 17.4 Å². The van der Waals surface area contributed by atoms with E-state index in [0.29, 0.717) is 5.56 Å². The van der Waals surface area contributed by atoms with Gasteiger partial charge in [-0.1, -0.05) is 12.1 Å². The lowest BCUT2D eigenvalue weighted by atomic mass is 10.1. The normalized spacial score (nSPS) is 11.2. The topological polar surface area (TPSA) is 46.5 Å². The molecule has 0 bridgehead atoms. The standard InChI is InChI=1S/C10H9F3O3/c1-6-2-3-7(5-9(14)15)8(4-6)16-10(11,12)13/h2-4H,5H2,1H3,(H,14,15). The molecule has 1 aromatic rings. The van der Waals surface area contributed by atoms with Gasteiger partial charge < -0.3 is 9.84 Å². The van der Waals surface area contributed by atoms with E-state index in [1.807, 2.05) is 0 Å². The van der Waals surface area contributed by atoms with Gasteiger partial charge in [-0.15, -0.1) is 13.2 Å². The van der Waals surface area contributed by atoms with Gasteiger partial charge in [-0.2, -0.15) is 0 Å². The molecule has 0 saturated heterocycles. The van der Waals surface area contributed by atoms with Crippen LogP contribution >= 0.6 is 0 Å². The molecule has 3 nitrogen and oxygen atoms in total. The molecule has 88 valence electrons. The SMILES string of the molecule is Cc1ccc(CC(=O)O)c(OC(F)(F)F)c1. The third kappa shape index (κ3) is 3.80. The van der Waals surface area contributed by atoms with Crippen LogP contribution in [0.5, 0.6) is 5.75 Å². The fraction of sp³-hybridized carbons (Fsp3) is 0.300. The van der Waals surface area contributed by atoms with E-state index in [1.165, 1.54) is 12.1 Å². The maximum Gasteiger partial charge on any atom is 0.573 e. The molecule has 0 unspecified atom stereocenters. The highest BCUT2D eigenvalue weighted by Gasteiger charge is 2.32. The number of benzene rings is 1. The average molecular weight is 234 g/mol. The third-order valence-electron chi connectivity index (χ3n) is 1.79. The van der Waals surface area contributed by atoms with Gasteiger partial charge in [0, 0.05) is 5.56 Å². The maximum atomic E-state index is 12.0. The fourth-order valence-electron chi connectivity index (χ4n) is 1.19. The summed E-state index contributed by atoms with van der Waals surface area (Å²) < 4.78 is 39.8. The second-order valence-electron chi connectivity index (χ2n) is 3.23. The van der Waals surface area contributed by atoms with Crippen LogP contribution in [-0.2, 0) is 11.2 Å². The summed E-state index contributed by atoms with van der Waals surface area (Å²) >= 11 is 0. The van der Waals surface area contributed by atoms with E-state index in [-0.39, 0.29) is 5.56 Å². The molecule has 0 saturated carbocycles. The molecule has 0 aliphatic heterocycles. The number of alkyl halides is 3. The number of aliphatic carboxylic acids is 1. The zero-order chi connectivity index (χ0) is 12.3. The quantitative estimate of drug-likeness (QED) is 0.874. The van der Waals surface area contributed by atoms with Crippen LogP contribution in [0, 0.1) is 6.92 Å². The van der Waals surface area contributed by atoms with Gasteiger partial charge in [-0.25, -0.2) is 0 Å². The second-order valence-corrected chi connectivity index (χ2v) is 3.23. The second kappa shape index (κ2) is 4.42. The molecule has 1 rings (SSSR count). The Morgan fingerprint density at radius 1 is 1.44 bits per heavy atom. The Hall–Kier alpha value is -1.72. The molecule has 0 radical (unpaired) electrons. The molecule has 0 atom stereocenters. The van der Waals surface area contributed by atoms with Crippen LogP contribution in [0.15, 0.2) is 18.2 Å². The largest absolute Gasteiger partial charge is 0.573 e. The van der Waals surface area contributed by atoms with Gasteiger partial charge in [0.05, 0.1) is 6.42 Å². The van der Waals surface area contributed by atoms with Crippen molar-refractivity contribution >= 4 is 5.97 Å². The van der Waals surface area contributed by atoms with Crippen LogP contribution in [0.4, 0.5) is 13.2 Å². The average Bonchev–Trinajstić information content (AvgIpc) is 2.06. The number of carboxylic acids is 1. The van der Waals surface area contributed by atoms with Crippen LogP contribution in [0.2, 0.25) is 0 Å². The Balaban J connectivity index is 3.03. The number of carboxylic acid groups (broad SMARTS) is 1. The highest BCUT2D eigenvalue weighted by Crippen LogP contribution is 2.27. The predicted molar refractivity (Wildman–Crippen MR) is 49.2 cm³/mol. The van der Waals surface area contributed by atoms with Crippen molar-refractivity contribution in [1.82, 2.24) is 0 Å². The molecule has 0 spiro atoms. The Bertz CT molecular complexity index is 399. The highest BCUT2D eigenvalue weighted by molar-refractivity contribution is 5.71. The first-order valence-corrected chi connectivity index (χ1v) is 4.35. The molecule has 1 aromatic carbocycles. The number of carbonyl (C=O) groups is 1. The molecular formula is C10H9F3O3. The van der Waals surface area contributed by atoms with Crippen molar-refractivity contribution in [2.45, 2.75) is 19.7 Å². The molecule has 0 aliphatic rings. The Kier molecular flexibility index (Phi) is 3.41. The molecule has 0 aromatic heterocycles. The summed E-state index contributed by atoms with van der Waals surface area (Å²) in [6.07, 6.45) is -5.33. The Morgan fingerprint density at radius 2 is 2.06 bits per heavy atom. The minimum Gasteiger partial charge on any atom is -0.481 e. The number of ether oxygens (including phenoxy) is 1.